The fourth-order valence-electron chi connectivity index (χ4n) is 2.96. The molecule has 0 N–H and O–H groups in total. The topological polar surface area (TPSA) is 18.5 Å². The van der Waals surface area contributed by atoms with Crippen molar-refractivity contribution in [2.45, 2.75) is 109 Å². The molecule has 0 spiro atoms. The summed E-state index contributed by atoms with van der Waals surface area (Å²) in [6.07, 6.45) is 22.8. The standard InChI is InChI=1S/C21H42O2/c1-4-6-7-8-9-10-11-12-13-14-15-16-17-18-19-21(5-2)23-20-22-3/h5,21H,2,4,6-20H2,1,3H3. The zero-order chi connectivity index (χ0) is 17.0. The van der Waals surface area contributed by atoms with Gasteiger partial charge in [0, 0.05) is 7.11 Å². The molecule has 1 unspecified atom stereocenters. The van der Waals surface area contributed by atoms with Crippen LogP contribution in [0.3, 0.4) is 0 Å². The molecule has 2 heteroatoms. The number of hydrogen-bond acceptors (Lipinski definition) is 2. The predicted molar refractivity (Wildman–Crippen MR) is 102 cm³/mol. The Kier molecular flexibility index (Phi) is 19.4. The van der Waals surface area contributed by atoms with Gasteiger partial charge >= 0.3 is 0 Å². The quantitative estimate of drug-likeness (QED) is 0.144. The van der Waals surface area contributed by atoms with E-state index in [1.807, 2.05) is 6.08 Å². The van der Waals surface area contributed by atoms with Gasteiger partial charge in [-0.1, -0.05) is 103 Å². The van der Waals surface area contributed by atoms with E-state index < -0.39 is 0 Å². The van der Waals surface area contributed by atoms with Crippen LogP contribution in [0, 0.1) is 0 Å². The van der Waals surface area contributed by atoms with Gasteiger partial charge in [-0.15, -0.1) is 6.58 Å². The van der Waals surface area contributed by atoms with Crippen molar-refractivity contribution in [3.63, 3.8) is 0 Å². The van der Waals surface area contributed by atoms with Crippen molar-refractivity contribution in [3.05, 3.63) is 12.7 Å². The van der Waals surface area contributed by atoms with Gasteiger partial charge in [0.2, 0.25) is 0 Å². The van der Waals surface area contributed by atoms with E-state index in [2.05, 4.69) is 13.5 Å². The summed E-state index contributed by atoms with van der Waals surface area (Å²) in [6.45, 7) is 6.47. The van der Waals surface area contributed by atoms with Gasteiger partial charge in [0.1, 0.15) is 6.79 Å². The van der Waals surface area contributed by atoms with Crippen molar-refractivity contribution >= 4 is 0 Å². The number of rotatable bonds is 19. The largest absolute Gasteiger partial charge is 0.359 e. The van der Waals surface area contributed by atoms with Crippen LogP contribution in [0.2, 0.25) is 0 Å². The monoisotopic (exact) mass is 326 g/mol. The van der Waals surface area contributed by atoms with Crippen LogP contribution >= 0.6 is 0 Å². The first-order valence-electron chi connectivity index (χ1n) is 10.1. The van der Waals surface area contributed by atoms with Gasteiger partial charge in [0.25, 0.3) is 0 Å². The van der Waals surface area contributed by atoms with E-state index in [-0.39, 0.29) is 6.10 Å². The van der Waals surface area contributed by atoms with Crippen molar-refractivity contribution in [1.29, 1.82) is 0 Å². The Morgan fingerprint density at radius 1 is 0.739 bits per heavy atom. The Balaban J connectivity index is 3.14. The Morgan fingerprint density at radius 3 is 1.57 bits per heavy atom. The van der Waals surface area contributed by atoms with Gasteiger partial charge in [-0.25, -0.2) is 0 Å². The summed E-state index contributed by atoms with van der Waals surface area (Å²) in [6, 6.07) is 0. The number of ether oxygens (including phenoxy) is 2. The number of methoxy groups -OCH3 is 1. The van der Waals surface area contributed by atoms with E-state index in [0.29, 0.717) is 6.79 Å². The van der Waals surface area contributed by atoms with Crippen molar-refractivity contribution in [2.24, 2.45) is 0 Å². The summed E-state index contributed by atoms with van der Waals surface area (Å²) in [5.41, 5.74) is 0. The van der Waals surface area contributed by atoms with E-state index in [1.165, 1.54) is 89.9 Å². The van der Waals surface area contributed by atoms with Crippen LogP contribution in [0.1, 0.15) is 103 Å². The highest BCUT2D eigenvalue weighted by Crippen LogP contribution is 2.14. The highest BCUT2D eigenvalue weighted by Gasteiger charge is 2.03. The zero-order valence-electron chi connectivity index (χ0n) is 16.0. The zero-order valence-corrected chi connectivity index (χ0v) is 16.0. The molecule has 23 heavy (non-hydrogen) atoms. The lowest BCUT2D eigenvalue weighted by molar-refractivity contribution is -0.0579. The summed E-state index contributed by atoms with van der Waals surface area (Å²) < 4.78 is 10.4. The molecule has 0 aliphatic heterocycles. The maximum atomic E-state index is 5.51. The van der Waals surface area contributed by atoms with Crippen LogP contribution < -0.4 is 0 Å². The SMILES string of the molecule is C=CC(CCCCCCCCCCCCCCCC)OCOC. The van der Waals surface area contributed by atoms with Gasteiger partial charge in [0.15, 0.2) is 0 Å². The maximum Gasteiger partial charge on any atom is 0.147 e. The third-order valence-electron chi connectivity index (χ3n) is 4.51. The van der Waals surface area contributed by atoms with Crippen LogP contribution in [0.4, 0.5) is 0 Å². The molecular weight excluding hydrogens is 284 g/mol. The summed E-state index contributed by atoms with van der Waals surface area (Å²) >= 11 is 0. The van der Waals surface area contributed by atoms with Crippen molar-refractivity contribution < 1.29 is 9.47 Å². The van der Waals surface area contributed by atoms with E-state index in [1.54, 1.807) is 7.11 Å². The minimum atomic E-state index is 0.160. The smallest absolute Gasteiger partial charge is 0.147 e. The first-order chi connectivity index (χ1) is 11.3. The Hall–Kier alpha value is -0.340. The minimum absolute atomic E-state index is 0.160. The maximum absolute atomic E-state index is 5.51. The molecule has 0 aromatic heterocycles. The average molecular weight is 327 g/mol. The number of unbranched alkanes of at least 4 members (excludes halogenated alkanes) is 13. The van der Waals surface area contributed by atoms with Crippen LogP contribution in [0.5, 0.6) is 0 Å². The van der Waals surface area contributed by atoms with Gasteiger partial charge in [-0.2, -0.15) is 0 Å². The minimum Gasteiger partial charge on any atom is -0.359 e. The predicted octanol–water partition coefficient (Wildman–Crippen LogP) is 7.03. The summed E-state index contributed by atoms with van der Waals surface area (Å²) in [5.74, 6) is 0. The second-order valence-corrected chi connectivity index (χ2v) is 6.73. The normalized spacial score (nSPS) is 12.4. The van der Waals surface area contributed by atoms with E-state index >= 15 is 0 Å². The van der Waals surface area contributed by atoms with Crippen LogP contribution in [-0.4, -0.2) is 20.0 Å². The fourth-order valence-corrected chi connectivity index (χ4v) is 2.96. The Bertz CT molecular complexity index is 228. The molecule has 1 atom stereocenters. The molecule has 0 aromatic carbocycles. The highest BCUT2D eigenvalue weighted by molar-refractivity contribution is 4.79. The molecule has 0 fully saturated rings. The van der Waals surface area contributed by atoms with E-state index in [9.17, 15) is 0 Å². The second-order valence-electron chi connectivity index (χ2n) is 6.73. The Morgan fingerprint density at radius 2 is 1.17 bits per heavy atom. The molecule has 0 rings (SSSR count). The molecule has 0 aromatic rings. The molecule has 0 amide bonds. The molecule has 2 nitrogen and oxygen atoms in total. The van der Waals surface area contributed by atoms with Crippen LogP contribution in [-0.2, 0) is 9.47 Å². The molecule has 0 radical (unpaired) electrons. The van der Waals surface area contributed by atoms with E-state index in [0.717, 1.165) is 6.42 Å². The van der Waals surface area contributed by atoms with E-state index in [4.69, 9.17) is 9.47 Å². The fraction of sp³-hybridized carbons (Fsp3) is 0.905. The van der Waals surface area contributed by atoms with Gasteiger partial charge in [-0.3, -0.25) is 0 Å². The Labute approximate surface area is 146 Å². The molecule has 0 heterocycles. The second kappa shape index (κ2) is 19.7. The molecule has 0 saturated heterocycles. The van der Waals surface area contributed by atoms with Gasteiger partial charge in [-0.05, 0) is 6.42 Å². The van der Waals surface area contributed by atoms with Crippen LogP contribution in [0.15, 0.2) is 12.7 Å². The third-order valence-corrected chi connectivity index (χ3v) is 4.51. The van der Waals surface area contributed by atoms with Crippen molar-refractivity contribution in [1.82, 2.24) is 0 Å². The molecule has 138 valence electrons. The molecule has 0 bridgehead atoms. The lowest BCUT2D eigenvalue weighted by Gasteiger charge is -2.12. The summed E-state index contributed by atoms with van der Waals surface area (Å²) in [5, 5.41) is 0. The summed E-state index contributed by atoms with van der Waals surface area (Å²) in [4.78, 5) is 0. The lowest BCUT2D eigenvalue weighted by Crippen LogP contribution is -2.11. The molecular formula is C21H42O2. The van der Waals surface area contributed by atoms with Gasteiger partial charge < -0.3 is 9.47 Å². The molecule has 0 aliphatic carbocycles. The van der Waals surface area contributed by atoms with Crippen LogP contribution in [0.25, 0.3) is 0 Å². The first kappa shape index (κ1) is 22.7. The summed E-state index contributed by atoms with van der Waals surface area (Å²) in [7, 11) is 1.66. The average Bonchev–Trinajstić information content (AvgIpc) is 2.57. The van der Waals surface area contributed by atoms with Gasteiger partial charge in [0.05, 0.1) is 6.10 Å². The number of hydrogen-bond donors (Lipinski definition) is 0. The molecule has 0 saturated carbocycles. The first-order valence-corrected chi connectivity index (χ1v) is 10.1. The lowest BCUT2D eigenvalue weighted by atomic mass is 10.0. The highest BCUT2D eigenvalue weighted by atomic mass is 16.7. The molecule has 0 aliphatic rings. The van der Waals surface area contributed by atoms with Crippen molar-refractivity contribution in [3.8, 4) is 0 Å². The third kappa shape index (κ3) is 17.8. The van der Waals surface area contributed by atoms with Crippen molar-refractivity contribution in [2.75, 3.05) is 13.9 Å².